The Morgan fingerprint density at radius 3 is 2.58 bits per heavy atom. The van der Waals surface area contributed by atoms with Gasteiger partial charge in [0, 0.05) is 4.47 Å². The van der Waals surface area contributed by atoms with E-state index < -0.39 is 5.97 Å². The average molecular weight is 331 g/mol. The van der Waals surface area contributed by atoms with Crippen LogP contribution in [0.2, 0.25) is 0 Å². The van der Waals surface area contributed by atoms with Gasteiger partial charge in [0.1, 0.15) is 5.82 Å². The van der Waals surface area contributed by atoms with Crippen molar-refractivity contribution in [2.45, 2.75) is 38.4 Å². The number of benzene rings is 1. The standard InChI is InChI=1S/C14H16BrFO3/c15-11-5-9(6-12(16)7-11)8-19-13-3-1-10(2-4-13)14(17)18/h5-7,10,13H,1-4,8H2,(H,17,18). The van der Waals surface area contributed by atoms with Gasteiger partial charge in [-0.15, -0.1) is 0 Å². The molecule has 104 valence electrons. The Labute approximate surface area is 119 Å². The monoisotopic (exact) mass is 330 g/mol. The molecule has 0 atom stereocenters. The molecule has 19 heavy (non-hydrogen) atoms. The summed E-state index contributed by atoms with van der Waals surface area (Å²) in [6.07, 6.45) is 2.92. The normalized spacial score (nSPS) is 23.3. The number of aliphatic carboxylic acids is 1. The predicted octanol–water partition coefficient (Wildman–Crippen LogP) is 3.75. The van der Waals surface area contributed by atoms with Crippen LogP contribution in [0.5, 0.6) is 0 Å². The minimum atomic E-state index is -0.715. The summed E-state index contributed by atoms with van der Waals surface area (Å²) >= 11 is 3.24. The molecule has 0 spiro atoms. The van der Waals surface area contributed by atoms with Crippen LogP contribution in [-0.4, -0.2) is 17.2 Å². The molecule has 1 aromatic carbocycles. The maximum absolute atomic E-state index is 13.2. The highest BCUT2D eigenvalue weighted by molar-refractivity contribution is 9.10. The lowest BCUT2D eigenvalue weighted by Crippen LogP contribution is -2.25. The molecule has 0 amide bonds. The second-order valence-corrected chi connectivity index (χ2v) is 5.82. The summed E-state index contributed by atoms with van der Waals surface area (Å²) in [6, 6.07) is 4.68. The van der Waals surface area contributed by atoms with Gasteiger partial charge >= 0.3 is 5.97 Å². The van der Waals surface area contributed by atoms with Gasteiger partial charge in [0.2, 0.25) is 0 Å². The number of hydrogen-bond acceptors (Lipinski definition) is 2. The van der Waals surface area contributed by atoms with Gasteiger partial charge in [-0.25, -0.2) is 4.39 Å². The van der Waals surface area contributed by atoms with Crippen molar-refractivity contribution < 1.29 is 19.0 Å². The molecular formula is C14H16BrFO3. The van der Waals surface area contributed by atoms with Crippen LogP contribution >= 0.6 is 15.9 Å². The van der Waals surface area contributed by atoms with E-state index in [4.69, 9.17) is 9.84 Å². The number of halogens is 2. The van der Waals surface area contributed by atoms with Gasteiger partial charge in [-0.3, -0.25) is 4.79 Å². The highest BCUT2D eigenvalue weighted by Gasteiger charge is 2.26. The number of hydrogen-bond donors (Lipinski definition) is 1. The van der Waals surface area contributed by atoms with Gasteiger partial charge in [-0.05, 0) is 49.4 Å². The van der Waals surface area contributed by atoms with Crippen molar-refractivity contribution in [1.82, 2.24) is 0 Å². The first-order chi connectivity index (χ1) is 9.04. The molecule has 2 rings (SSSR count). The topological polar surface area (TPSA) is 46.5 Å². The Hall–Kier alpha value is -0.940. The first-order valence-corrected chi connectivity index (χ1v) is 7.13. The summed E-state index contributed by atoms with van der Waals surface area (Å²) in [5, 5.41) is 8.91. The van der Waals surface area contributed by atoms with Gasteiger partial charge in [0.15, 0.2) is 0 Å². The molecule has 0 bridgehead atoms. The van der Waals surface area contributed by atoms with E-state index in [1.807, 2.05) is 6.07 Å². The Morgan fingerprint density at radius 1 is 1.32 bits per heavy atom. The number of ether oxygens (including phenoxy) is 1. The average Bonchev–Trinajstić information content (AvgIpc) is 2.36. The van der Waals surface area contributed by atoms with Crippen LogP contribution in [0.4, 0.5) is 4.39 Å². The third-order valence-corrected chi connectivity index (χ3v) is 3.89. The Balaban J connectivity index is 1.82. The van der Waals surface area contributed by atoms with Crippen molar-refractivity contribution in [2.75, 3.05) is 0 Å². The molecule has 1 saturated carbocycles. The fourth-order valence-electron chi connectivity index (χ4n) is 2.38. The molecule has 1 aliphatic rings. The van der Waals surface area contributed by atoms with Crippen LogP contribution in [0.3, 0.4) is 0 Å². The summed E-state index contributed by atoms with van der Waals surface area (Å²) in [4.78, 5) is 10.8. The maximum atomic E-state index is 13.2. The Morgan fingerprint density at radius 2 is 2.00 bits per heavy atom. The quantitative estimate of drug-likeness (QED) is 0.914. The van der Waals surface area contributed by atoms with E-state index in [-0.39, 0.29) is 17.8 Å². The van der Waals surface area contributed by atoms with E-state index >= 15 is 0 Å². The lowest BCUT2D eigenvalue weighted by molar-refractivity contribution is -0.143. The first-order valence-electron chi connectivity index (χ1n) is 6.34. The van der Waals surface area contributed by atoms with Gasteiger partial charge in [0.05, 0.1) is 18.6 Å². The van der Waals surface area contributed by atoms with E-state index in [2.05, 4.69) is 15.9 Å². The number of carboxylic acid groups (broad SMARTS) is 1. The van der Waals surface area contributed by atoms with Crippen LogP contribution in [0.1, 0.15) is 31.2 Å². The van der Waals surface area contributed by atoms with Crippen LogP contribution in [0.15, 0.2) is 22.7 Å². The third kappa shape index (κ3) is 4.28. The summed E-state index contributed by atoms with van der Waals surface area (Å²) in [6.45, 7) is 0.360. The van der Waals surface area contributed by atoms with Crippen molar-refractivity contribution in [1.29, 1.82) is 0 Å². The zero-order valence-corrected chi connectivity index (χ0v) is 12.0. The second kappa shape index (κ2) is 6.48. The van der Waals surface area contributed by atoms with E-state index in [0.717, 1.165) is 18.4 Å². The van der Waals surface area contributed by atoms with E-state index in [9.17, 15) is 9.18 Å². The molecule has 0 heterocycles. The molecule has 1 N–H and O–H groups in total. The van der Waals surface area contributed by atoms with Crippen LogP contribution < -0.4 is 0 Å². The van der Waals surface area contributed by atoms with Crippen LogP contribution in [-0.2, 0) is 16.1 Å². The van der Waals surface area contributed by atoms with Gasteiger partial charge in [-0.1, -0.05) is 15.9 Å². The van der Waals surface area contributed by atoms with Crippen molar-refractivity contribution in [3.63, 3.8) is 0 Å². The number of carboxylic acids is 1. The van der Waals surface area contributed by atoms with Crippen LogP contribution in [0, 0.1) is 11.7 Å². The minimum Gasteiger partial charge on any atom is -0.481 e. The highest BCUT2D eigenvalue weighted by Crippen LogP contribution is 2.27. The van der Waals surface area contributed by atoms with Gasteiger partial charge in [0.25, 0.3) is 0 Å². The zero-order chi connectivity index (χ0) is 13.8. The zero-order valence-electron chi connectivity index (χ0n) is 10.4. The highest BCUT2D eigenvalue weighted by atomic mass is 79.9. The summed E-state index contributed by atoms with van der Waals surface area (Å²) < 4.78 is 19.6. The lowest BCUT2D eigenvalue weighted by atomic mass is 9.87. The fraction of sp³-hybridized carbons (Fsp3) is 0.500. The number of rotatable bonds is 4. The van der Waals surface area contributed by atoms with E-state index in [0.29, 0.717) is 23.9 Å². The van der Waals surface area contributed by atoms with Gasteiger partial charge in [-0.2, -0.15) is 0 Å². The largest absolute Gasteiger partial charge is 0.481 e. The molecule has 1 aliphatic carbocycles. The summed E-state index contributed by atoms with van der Waals surface area (Å²) in [7, 11) is 0. The van der Waals surface area contributed by atoms with Crippen molar-refractivity contribution in [3.8, 4) is 0 Å². The fourth-order valence-corrected chi connectivity index (χ4v) is 2.90. The molecule has 0 aromatic heterocycles. The Bertz CT molecular complexity index is 436. The smallest absolute Gasteiger partial charge is 0.306 e. The van der Waals surface area contributed by atoms with Crippen molar-refractivity contribution in [2.24, 2.45) is 5.92 Å². The molecular weight excluding hydrogens is 315 g/mol. The minimum absolute atomic E-state index is 0.0812. The predicted molar refractivity (Wildman–Crippen MR) is 72.3 cm³/mol. The molecule has 1 fully saturated rings. The molecule has 5 heteroatoms. The van der Waals surface area contributed by atoms with Gasteiger partial charge < -0.3 is 9.84 Å². The van der Waals surface area contributed by atoms with E-state index in [1.165, 1.54) is 12.1 Å². The van der Waals surface area contributed by atoms with E-state index in [1.54, 1.807) is 0 Å². The second-order valence-electron chi connectivity index (χ2n) is 4.90. The number of carbonyl (C=O) groups is 1. The lowest BCUT2D eigenvalue weighted by Gasteiger charge is -2.26. The SMILES string of the molecule is O=C(O)C1CCC(OCc2cc(F)cc(Br)c2)CC1. The molecule has 3 nitrogen and oxygen atoms in total. The van der Waals surface area contributed by atoms with Crippen LogP contribution in [0.25, 0.3) is 0 Å². The first kappa shape index (κ1) is 14.5. The summed E-state index contributed by atoms with van der Waals surface area (Å²) in [5.41, 5.74) is 0.784. The molecule has 0 radical (unpaired) electrons. The summed E-state index contributed by atoms with van der Waals surface area (Å²) in [5.74, 6) is -1.24. The maximum Gasteiger partial charge on any atom is 0.306 e. The molecule has 0 saturated heterocycles. The molecule has 0 aliphatic heterocycles. The molecule has 0 unspecified atom stereocenters. The molecule has 1 aromatic rings. The third-order valence-electron chi connectivity index (χ3n) is 3.43. The van der Waals surface area contributed by atoms with Crippen molar-refractivity contribution >= 4 is 21.9 Å². The van der Waals surface area contributed by atoms with Crippen molar-refractivity contribution in [3.05, 3.63) is 34.1 Å². The Kier molecular flexibility index (Phi) is 4.93.